The van der Waals surface area contributed by atoms with E-state index >= 15 is 0 Å². The van der Waals surface area contributed by atoms with Crippen molar-refractivity contribution < 1.29 is 78.0 Å². The zero-order valence-electron chi connectivity index (χ0n) is 53.9. The molecular weight excluding hydrogens is 1280 g/mol. The van der Waals surface area contributed by atoms with Gasteiger partial charge in [-0.1, -0.05) is 44.2 Å². The molecule has 0 spiro atoms. The Morgan fingerprint density at radius 1 is 0.691 bits per heavy atom. The number of phenols is 1. The molecule has 0 unspecified atom stereocenters. The average Bonchev–Trinajstić information content (AvgIpc) is 1.75. The van der Waals surface area contributed by atoms with Crippen molar-refractivity contribution in [2.24, 2.45) is 23.1 Å². The minimum atomic E-state index is -1.83. The van der Waals surface area contributed by atoms with Gasteiger partial charge in [-0.2, -0.15) is 12.6 Å². The Kier molecular flexibility index (Phi) is 31.5. The topological polar surface area (TPSA) is 556 Å². The van der Waals surface area contributed by atoms with Gasteiger partial charge in [0.1, 0.15) is 60.1 Å². The molecule has 3 heterocycles. The summed E-state index contributed by atoms with van der Waals surface area (Å²) in [6, 6.07) is -1.72. The molecule has 10 atom stereocenters. The van der Waals surface area contributed by atoms with Gasteiger partial charge in [-0.05, 0) is 99.6 Å². The van der Waals surface area contributed by atoms with E-state index < -0.39 is 151 Å². The molecule has 1 saturated heterocycles. The molecule has 0 radical (unpaired) electrons. The molecule has 2 aromatic carbocycles. The molecule has 4 aromatic rings. The number of carboxylic acid groups (broad SMARTS) is 2. The fraction of sp³-hybridized carbons (Fsp3) is 0.516. The molecular formula is C62H90N18O16S. The van der Waals surface area contributed by atoms with Crippen LogP contribution in [-0.4, -0.2) is 216 Å². The highest BCUT2D eigenvalue weighted by molar-refractivity contribution is 7.80. The molecule has 1 aliphatic rings. The van der Waals surface area contributed by atoms with Crippen LogP contribution in [0.25, 0.3) is 10.9 Å². The van der Waals surface area contributed by atoms with Gasteiger partial charge >= 0.3 is 11.9 Å². The number of hydrogen-bond donors (Lipinski definition) is 21. The number of likely N-dealkylation sites (tertiary alicyclic amines) is 1. The van der Waals surface area contributed by atoms with Gasteiger partial charge < -0.3 is 106 Å². The molecule has 0 bridgehead atoms. The summed E-state index contributed by atoms with van der Waals surface area (Å²) in [5, 5.41) is 73.4. The van der Waals surface area contributed by atoms with Crippen LogP contribution < -0.4 is 70.4 Å². The number of nitrogens with zero attached hydrogens (tertiary/aromatic N) is 2. The van der Waals surface area contributed by atoms with E-state index in [0.29, 0.717) is 40.6 Å². The number of aromatic hydroxyl groups is 1. The summed E-state index contributed by atoms with van der Waals surface area (Å²) in [4.78, 5) is 175. The number of guanidine groups is 1. The van der Waals surface area contributed by atoms with Gasteiger partial charge in [-0.3, -0.25) is 58.1 Å². The van der Waals surface area contributed by atoms with Crippen LogP contribution in [0.4, 0.5) is 0 Å². The van der Waals surface area contributed by atoms with E-state index in [4.69, 9.17) is 22.6 Å². The number of carbonyl (C=O) groups is 12. The summed E-state index contributed by atoms with van der Waals surface area (Å²) >= 11 is 3.93. The van der Waals surface area contributed by atoms with Gasteiger partial charge in [0, 0.05) is 67.8 Å². The van der Waals surface area contributed by atoms with Gasteiger partial charge in [-0.15, -0.1) is 0 Å². The molecule has 23 N–H and O–H groups in total. The van der Waals surface area contributed by atoms with Crippen LogP contribution in [0.1, 0.15) is 94.9 Å². The second-order valence-corrected chi connectivity index (χ2v) is 24.2. The molecule has 1 aliphatic heterocycles. The lowest BCUT2D eigenvalue weighted by Gasteiger charge is -2.31. The number of carbonyl (C=O) groups excluding carboxylic acids is 10. The number of hydrogen-bond acceptors (Lipinski definition) is 19. The Morgan fingerprint density at radius 3 is 1.90 bits per heavy atom. The number of thiol groups is 1. The monoisotopic (exact) mass is 1370 g/mol. The third-order valence-corrected chi connectivity index (χ3v) is 16.1. The Bertz CT molecular complexity index is 3350. The third kappa shape index (κ3) is 25.3. The van der Waals surface area contributed by atoms with E-state index in [2.05, 4.69) is 80.7 Å². The van der Waals surface area contributed by atoms with Crippen molar-refractivity contribution in [2.45, 2.75) is 158 Å². The summed E-state index contributed by atoms with van der Waals surface area (Å²) in [5.41, 5.74) is 19.2. The lowest BCUT2D eigenvalue weighted by molar-refractivity contribution is -0.142. The second kappa shape index (κ2) is 39.2. The molecule has 530 valence electrons. The number of H-pyrrole nitrogens is 2. The Morgan fingerprint density at radius 2 is 1.28 bits per heavy atom. The maximum atomic E-state index is 14.8. The van der Waals surface area contributed by atoms with E-state index in [1.54, 1.807) is 44.3 Å². The molecule has 10 amide bonds. The number of carboxylic acids is 2. The first-order valence-electron chi connectivity index (χ1n) is 31.7. The molecule has 34 nitrogen and oxygen atoms in total. The largest absolute Gasteiger partial charge is 0.508 e. The molecule has 0 aliphatic carbocycles. The molecule has 2 aromatic heterocycles. The van der Waals surface area contributed by atoms with Crippen LogP contribution in [0.5, 0.6) is 5.75 Å². The number of aromatic nitrogens is 3. The number of benzene rings is 2. The lowest BCUT2D eigenvalue weighted by atomic mass is 10.00. The first-order valence-corrected chi connectivity index (χ1v) is 32.4. The number of unbranched alkanes of at least 4 members (excludes halogenated alkanes) is 1. The van der Waals surface area contributed by atoms with Crippen molar-refractivity contribution >= 4 is 101 Å². The molecule has 35 heteroatoms. The number of fused-ring (bicyclic) bond motifs is 1. The Hall–Kier alpha value is -9.87. The number of nitrogens with one attached hydrogen (secondary N) is 13. The van der Waals surface area contributed by atoms with Crippen molar-refractivity contribution in [3.63, 3.8) is 0 Å². The number of para-hydroxylation sites is 1. The maximum Gasteiger partial charge on any atom is 0.327 e. The fourth-order valence-corrected chi connectivity index (χ4v) is 10.9. The molecule has 97 heavy (non-hydrogen) atoms. The van der Waals surface area contributed by atoms with E-state index in [-0.39, 0.29) is 107 Å². The predicted molar refractivity (Wildman–Crippen MR) is 354 cm³/mol. The molecule has 0 saturated carbocycles. The standard InChI is InChI=1S/C62H90N18O16S/c1-33(2)23-43(54(88)74-42(12-7-21-68-62(65)66)60(94)80-22-8-13-49(80)59(93)70-29-50(83)72-48(31-97)61(95)96)76-53(87)41(11-5-6-20-63)73-55(89)44(24-34-14-16-37(82)17-15-34)77-58(92)47(30-81)79-56(90)45(25-35-27-69-40-10-4-3-9-38(35)40)78-57(91)46(26-36-28-67-32-71-36)75-52(86)39(64)18-19-51(84)85/h3-4,9-10,14-17,27-28,32-33,39,41-49,69,81-82,97H,5-8,11-13,18-26,29-31,63-64H2,1-2H3,(H,67,71)(H,70,93)(H,72,83)(H,73,89)(H,74,88)(H,75,86)(H,76,87)(H,77,92)(H,78,91)(H,79,90)(H,84,85)(H,95,96)(H4,65,66,68)/t39-,41+,42-,43-,44-,45-,46-,47-,48-,49-/m0/s1. The summed E-state index contributed by atoms with van der Waals surface area (Å²) in [6.07, 6.45) is 4.10. The van der Waals surface area contributed by atoms with E-state index in [0.717, 1.165) is 0 Å². The van der Waals surface area contributed by atoms with Crippen LogP contribution in [0.15, 0.2) is 67.3 Å². The smallest absolute Gasteiger partial charge is 0.327 e. The molecule has 5 rings (SSSR count). The number of aliphatic hydroxyl groups excluding tert-OH is 1. The Balaban J connectivity index is 1.39. The minimum absolute atomic E-state index is 0.00612. The summed E-state index contributed by atoms with van der Waals surface area (Å²) < 4.78 is 0. The van der Waals surface area contributed by atoms with Gasteiger partial charge in [0.05, 0.1) is 31.2 Å². The highest BCUT2D eigenvalue weighted by atomic mass is 32.1. The third-order valence-electron chi connectivity index (χ3n) is 15.8. The number of aromatic amines is 2. The highest BCUT2D eigenvalue weighted by Crippen LogP contribution is 2.22. The van der Waals surface area contributed by atoms with Crippen LogP contribution >= 0.6 is 12.6 Å². The van der Waals surface area contributed by atoms with Gasteiger partial charge in [0.15, 0.2) is 5.96 Å². The van der Waals surface area contributed by atoms with E-state index in [1.807, 2.05) is 0 Å². The maximum absolute atomic E-state index is 14.8. The number of aliphatic hydroxyl groups is 1. The minimum Gasteiger partial charge on any atom is -0.508 e. The first-order chi connectivity index (χ1) is 46.2. The zero-order valence-corrected chi connectivity index (χ0v) is 54.8. The summed E-state index contributed by atoms with van der Waals surface area (Å²) in [5.74, 6) is -12.3. The summed E-state index contributed by atoms with van der Waals surface area (Å²) in [6.45, 7) is 2.20. The van der Waals surface area contributed by atoms with Crippen molar-refractivity contribution in [1.82, 2.24) is 73.0 Å². The normalized spacial score (nSPS) is 15.5. The number of rotatable bonds is 41. The number of nitrogens with two attached hydrogens (primary N) is 3. The Labute approximate surface area is 564 Å². The van der Waals surface area contributed by atoms with Crippen molar-refractivity contribution in [1.29, 1.82) is 5.41 Å². The highest BCUT2D eigenvalue weighted by Gasteiger charge is 2.40. The van der Waals surface area contributed by atoms with E-state index in [9.17, 15) is 78.0 Å². The zero-order chi connectivity index (χ0) is 71.3. The molecule has 1 fully saturated rings. The van der Waals surface area contributed by atoms with Gasteiger partial charge in [0.2, 0.25) is 59.1 Å². The van der Waals surface area contributed by atoms with Crippen LogP contribution in [-0.2, 0) is 76.8 Å². The number of amides is 10. The van der Waals surface area contributed by atoms with Crippen molar-refractivity contribution in [3.8, 4) is 5.75 Å². The first kappa shape index (κ1) is 77.8. The quantitative estimate of drug-likeness (QED) is 0.00878. The van der Waals surface area contributed by atoms with Crippen molar-refractivity contribution in [2.75, 3.05) is 38.5 Å². The lowest BCUT2D eigenvalue weighted by Crippen LogP contribution is -2.61. The van der Waals surface area contributed by atoms with Gasteiger partial charge in [0.25, 0.3) is 0 Å². The number of aliphatic carboxylic acids is 2. The van der Waals surface area contributed by atoms with Crippen LogP contribution in [0.2, 0.25) is 0 Å². The average molecular weight is 1380 g/mol. The van der Waals surface area contributed by atoms with Crippen LogP contribution in [0, 0.1) is 11.3 Å². The van der Waals surface area contributed by atoms with Gasteiger partial charge in [-0.25, -0.2) is 9.78 Å². The SMILES string of the molecule is CC(C)C[C@H](NC(=O)[C@@H](CCCCN)NC(=O)[C@H](Cc1ccc(O)cc1)NC(=O)[C@H](CO)NC(=O)[C@H](Cc1c[nH]c2ccccc12)NC(=O)[C@H](Cc1c[nH]cn1)NC(=O)[C@@H](N)CCC(=O)O)C(=O)N[C@@H](CCCNC(=N)N)C(=O)N1CCC[C@H]1C(=O)NCC(=O)N[C@@H](CS)C(=O)O. The number of imidazole rings is 1. The van der Waals surface area contributed by atoms with Crippen LogP contribution in [0.3, 0.4) is 0 Å². The fourth-order valence-electron chi connectivity index (χ4n) is 10.6. The number of phenolic OH excluding ortho intramolecular Hbond substituents is 1. The van der Waals surface area contributed by atoms with Crippen molar-refractivity contribution in [3.05, 3.63) is 84.1 Å². The predicted octanol–water partition coefficient (Wildman–Crippen LogP) is -3.75. The summed E-state index contributed by atoms with van der Waals surface area (Å²) in [7, 11) is 0. The second-order valence-electron chi connectivity index (χ2n) is 23.8. The van der Waals surface area contributed by atoms with E-state index in [1.165, 1.54) is 41.7 Å².